The summed E-state index contributed by atoms with van der Waals surface area (Å²) < 4.78 is 5.80. The molecule has 104 valence electrons. The van der Waals surface area contributed by atoms with E-state index in [1.165, 1.54) is 11.1 Å². The van der Waals surface area contributed by atoms with Crippen LogP contribution >= 0.6 is 0 Å². The molecule has 0 saturated heterocycles. The number of carboxylic acids is 1. The highest BCUT2D eigenvalue weighted by Crippen LogP contribution is 2.21. The minimum atomic E-state index is -0.854. The quantitative estimate of drug-likeness (QED) is 0.904. The topological polar surface area (TPSA) is 46.5 Å². The van der Waals surface area contributed by atoms with Crippen LogP contribution in [-0.4, -0.2) is 11.1 Å². The molecule has 0 spiro atoms. The summed E-state index contributed by atoms with van der Waals surface area (Å²) in [4.78, 5) is 10.8. The molecule has 0 fully saturated rings. The van der Waals surface area contributed by atoms with E-state index in [4.69, 9.17) is 9.84 Å². The Hall–Kier alpha value is -2.29. The fourth-order valence-corrected chi connectivity index (χ4v) is 2.06. The summed E-state index contributed by atoms with van der Waals surface area (Å²) in [6.45, 7) is 4.53. The Morgan fingerprint density at radius 2 is 1.85 bits per heavy atom. The molecule has 3 heteroatoms. The van der Waals surface area contributed by atoms with Crippen LogP contribution in [0.1, 0.15) is 22.3 Å². The molecular weight excluding hydrogens is 252 g/mol. The lowest BCUT2D eigenvalue weighted by Crippen LogP contribution is -2.04. The molecule has 0 saturated carbocycles. The van der Waals surface area contributed by atoms with Crippen LogP contribution in [-0.2, 0) is 17.8 Å². The number of carbonyl (C=O) groups is 1. The van der Waals surface area contributed by atoms with Crippen molar-refractivity contribution in [3.63, 3.8) is 0 Å². The molecule has 0 radical (unpaired) electrons. The highest BCUT2D eigenvalue weighted by Gasteiger charge is 2.08. The van der Waals surface area contributed by atoms with Gasteiger partial charge in [0, 0.05) is 5.56 Å². The molecule has 2 rings (SSSR count). The maximum absolute atomic E-state index is 10.8. The summed E-state index contributed by atoms with van der Waals surface area (Å²) in [5, 5.41) is 8.90. The first-order valence-electron chi connectivity index (χ1n) is 6.55. The van der Waals surface area contributed by atoms with Crippen LogP contribution in [0.4, 0.5) is 0 Å². The standard InChI is InChI=1S/C17H18O3/c1-12-7-8-13(2)15(9-12)11-20-16-6-4-3-5-14(16)10-17(18)19/h3-9H,10-11H2,1-2H3,(H,18,19). The van der Waals surface area contributed by atoms with Crippen molar-refractivity contribution in [1.29, 1.82) is 0 Å². The van der Waals surface area contributed by atoms with Crippen molar-refractivity contribution in [2.45, 2.75) is 26.9 Å². The van der Waals surface area contributed by atoms with Gasteiger partial charge >= 0.3 is 5.97 Å². The number of aliphatic carboxylic acids is 1. The fourth-order valence-electron chi connectivity index (χ4n) is 2.06. The number of aryl methyl sites for hydroxylation is 2. The van der Waals surface area contributed by atoms with Gasteiger partial charge < -0.3 is 9.84 Å². The molecular formula is C17H18O3. The van der Waals surface area contributed by atoms with Gasteiger partial charge in [0.25, 0.3) is 0 Å². The first-order valence-corrected chi connectivity index (χ1v) is 6.55. The van der Waals surface area contributed by atoms with E-state index in [2.05, 4.69) is 18.2 Å². The Morgan fingerprint density at radius 1 is 1.10 bits per heavy atom. The number of benzene rings is 2. The molecule has 0 aliphatic rings. The van der Waals surface area contributed by atoms with E-state index in [0.29, 0.717) is 17.9 Å². The monoisotopic (exact) mass is 270 g/mol. The molecule has 0 aromatic heterocycles. The van der Waals surface area contributed by atoms with Crippen LogP contribution in [0.15, 0.2) is 42.5 Å². The summed E-state index contributed by atoms with van der Waals surface area (Å²) in [5.74, 6) is -0.219. The van der Waals surface area contributed by atoms with E-state index in [1.807, 2.05) is 32.0 Å². The van der Waals surface area contributed by atoms with E-state index in [9.17, 15) is 4.79 Å². The molecule has 0 bridgehead atoms. The highest BCUT2D eigenvalue weighted by atomic mass is 16.5. The molecule has 0 aliphatic heterocycles. The second kappa shape index (κ2) is 6.24. The molecule has 2 aromatic carbocycles. The normalized spacial score (nSPS) is 10.3. The van der Waals surface area contributed by atoms with Crippen molar-refractivity contribution < 1.29 is 14.6 Å². The van der Waals surface area contributed by atoms with E-state index in [1.54, 1.807) is 6.07 Å². The van der Waals surface area contributed by atoms with Crippen LogP contribution < -0.4 is 4.74 Å². The lowest BCUT2D eigenvalue weighted by Gasteiger charge is -2.12. The van der Waals surface area contributed by atoms with Crippen molar-refractivity contribution in [2.75, 3.05) is 0 Å². The van der Waals surface area contributed by atoms with Crippen LogP contribution in [0, 0.1) is 13.8 Å². The molecule has 2 aromatic rings. The van der Waals surface area contributed by atoms with E-state index in [0.717, 1.165) is 5.56 Å². The van der Waals surface area contributed by atoms with Gasteiger partial charge in [0.05, 0.1) is 6.42 Å². The minimum absolute atomic E-state index is 0.0248. The summed E-state index contributed by atoms with van der Waals surface area (Å²) in [6.07, 6.45) is -0.0248. The summed E-state index contributed by atoms with van der Waals surface area (Å²) in [7, 11) is 0. The van der Waals surface area contributed by atoms with Crippen molar-refractivity contribution in [1.82, 2.24) is 0 Å². The van der Waals surface area contributed by atoms with Crippen molar-refractivity contribution in [3.05, 3.63) is 64.7 Å². The highest BCUT2D eigenvalue weighted by molar-refractivity contribution is 5.71. The zero-order valence-corrected chi connectivity index (χ0v) is 11.7. The average Bonchev–Trinajstić information content (AvgIpc) is 2.41. The largest absolute Gasteiger partial charge is 0.489 e. The Morgan fingerprint density at radius 3 is 2.60 bits per heavy atom. The van der Waals surface area contributed by atoms with Gasteiger partial charge in [-0.15, -0.1) is 0 Å². The molecule has 0 unspecified atom stereocenters. The van der Waals surface area contributed by atoms with Crippen LogP contribution in [0.5, 0.6) is 5.75 Å². The predicted molar refractivity (Wildman–Crippen MR) is 78.0 cm³/mol. The molecule has 0 atom stereocenters. The number of hydrogen-bond acceptors (Lipinski definition) is 2. The molecule has 0 aliphatic carbocycles. The fraction of sp³-hybridized carbons (Fsp3) is 0.235. The summed E-state index contributed by atoms with van der Waals surface area (Å²) in [6, 6.07) is 13.5. The van der Waals surface area contributed by atoms with E-state index < -0.39 is 5.97 Å². The second-order valence-electron chi connectivity index (χ2n) is 4.90. The lowest BCUT2D eigenvalue weighted by molar-refractivity contribution is -0.136. The van der Waals surface area contributed by atoms with Crippen LogP contribution in [0.25, 0.3) is 0 Å². The van der Waals surface area contributed by atoms with E-state index >= 15 is 0 Å². The molecule has 3 nitrogen and oxygen atoms in total. The van der Waals surface area contributed by atoms with Crippen LogP contribution in [0.3, 0.4) is 0 Å². The van der Waals surface area contributed by atoms with Gasteiger partial charge in [0.15, 0.2) is 0 Å². The third-order valence-electron chi connectivity index (χ3n) is 3.20. The molecule has 0 amide bonds. The Balaban J connectivity index is 2.14. The predicted octanol–water partition coefficient (Wildman–Crippen LogP) is 3.51. The number of carboxylic acid groups (broad SMARTS) is 1. The number of rotatable bonds is 5. The smallest absolute Gasteiger partial charge is 0.307 e. The van der Waals surface area contributed by atoms with Crippen molar-refractivity contribution in [2.24, 2.45) is 0 Å². The number of para-hydroxylation sites is 1. The van der Waals surface area contributed by atoms with Crippen molar-refractivity contribution in [3.8, 4) is 5.75 Å². The molecule has 0 heterocycles. The van der Waals surface area contributed by atoms with Gasteiger partial charge in [-0.3, -0.25) is 4.79 Å². The number of ether oxygens (including phenoxy) is 1. The lowest BCUT2D eigenvalue weighted by atomic mass is 10.1. The maximum Gasteiger partial charge on any atom is 0.307 e. The maximum atomic E-state index is 10.8. The zero-order valence-electron chi connectivity index (χ0n) is 11.7. The van der Waals surface area contributed by atoms with Crippen LogP contribution in [0.2, 0.25) is 0 Å². The first kappa shape index (κ1) is 14.1. The van der Waals surface area contributed by atoms with Gasteiger partial charge in [0.2, 0.25) is 0 Å². The summed E-state index contributed by atoms with van der Waals surface area (Å²) in [5.41, 5.74) is 4.18. The Labute approximate surface area is 118 Å². The van der Waals surface area contributed by atoms with Crippen molar-refractivity contribution >= 4 is 5.97 Å². The summed E-state index contributed by atoms with van der Waals surface area (Å²) >= 11 is 0. The van der Waals surface area contributed by atoms with Gasteiger partial charge in [-0.05, 0) is 31.0 Å². The van der Waals surface area contributed by atoms with E-state index in [-0.39, 0.29) is 6.42 Å². The Bertz CT molecular complexity index is 617. The SMILES string of the molecule is Cc1ccc(C)c(COc2ccccc2CC(=O)O)c1. The Kier molecular flexibility index (Phi) is 4.41. The van der Waals surface area contributed by atoms with Gasteiger partial charge in [0.1, 0.15) is 12.4 Å². The first-order chi connectivity index (χ1) is 9.56. The third-order valence-corrected chi connectivity index (χ3v) is 3.20. The molecule has 1 N–H and O–H groups in total. The average molecular weight is 270 g/mol. The van der Waals surface area contributed by atoms with Gasteiger partial charge in [-0.25, -0.2) is 0 Å². The minimum Gasteiger partial charge on any atom is -0.489 e. The second-order valence-corrected chi connectivity index (χ2v) is 4.90. The zero-order chi connectivity index (χ0) is 14.5. The third kappa shape index (κ3) is 3.60. The number of hydrogen-bond donors (Lipinski definition) is 1. The van der Waals surface area contributed by atoms with Gasteiger partial charge in [-0.2, -0.15) is 0 Å². The van der Waals surface area contributed by atoms with Gasteiger partial charge in [-0.1, -0.05) is 42.0 Å². The molecule has 20 heavy (non-hydrogen) atoms.